The topological polar surface area (TPSA) is 84.8 Å². The van der Waals surface area contributed by atoms with Crippen molar-refractivity contribution in [1.82, 2.24) is 14.9 Å². The molecule has 1 fully saturated rings. The summed E-state index contributed by atoms with van der Waals surface area (Å²) >= 11 is 6.35. The summed E-state index contributed by atoms with van der Waals surface area (Å²) in [6, 6.07) is 6.70. The van der Waals surface area contributed by atoms with Gasteiger partial charge in [0.25, 0.3) is 0 Å². The molecule has 1 unspecified atom stereocenters. The molecule has 1 atom stereocenters. The molecule has 0 saturated carbocycles. The van der Waals surface area contributed by atoms with Gasteiger partial charge in [0.15, 0.2) is 5.69 Å². The summed E-state index contributed by atoms with van der Waals surface area (Å²) in [5, 5.41) is 9.49. The van der Waals surface area contributed by atoms with Crippen LogP contribution in [0.4, 0.5) is 0 Å². The molecule has 1 aromatic carbocycles. The van der Waals surface area contributed by atoms with Gasteiger partial charge in [-0.25, -0.2) is 14.8 Å². The van der Waals surface area contributed by atoms with Crippen LogP contribution in [0.25, 0.3) is 11.3 Å². The molecule has 0 bridgehead atoms. The van der Waals surface area contributed by atoms with Crippen molar-refractivity contribution in [1.29, 1.82) is 0 Å². The van der Waals surface area contributed by atoms with Crippen LogP contribution in [0.5, 0.6) is 5.75 Å². The van der Waals surface area contributed by atoms with Crippen LogP contribution in [0.3, 0.4) is 0 Å². The number of nitrogens with zero attached hydrogens (tertiary/aromatic N) is 3. The summed E-state index contributed by atoms with van der Waals surface area (Å²) < 4.78 is 11.3. The smallest absolute Gasteiger partial charge is 0.354 e. The predicted octanol–water partition coefficient (Wildman–Crippen LogP) is 2.59. The second kappa shape index (κ2) is 8.44. The molecule has 26 heavy (non-hydrogen) atoms. The molecule has 1 aliphatic heterocycles. The number of carboxylic acid groups (broad SMARTS) is 1. The van der Waals surface area contributed by atoms with Crippen LogP contribution in [-0.2, 0) is 4.74 Å². The number of hydrogen-bond donors (Lipinski definition) is 1. The van der Waals surface area contributed by atoms with Gasteiger partial charge in [-0.1, -0.05) is 11.6 Å². The fraction of sp³-hybridized carbons (Fsp3) is 0.389. The Balaban J connectivity index is 1.69. The van der Waals surface area contributed by atoms with Crippen LogP contribution in [0.1, 0.15) is 17.4 Å². The number of carboxylic acids is 1. The average molecular weight is 378 g/mol. The van der Waals surface area contributed by atoms with Crippen LogP contribution in [0, 0.1) is 0 Å². The van der Waals surface area contributed by atoms with E-state index in [2.05, 4.69) is 14.9 Å². The lowest BCUT2D eigenvalue weighted by Crippen LogP contribution is -2.41. The van der Waals surface area contributed by atoms with Crippen LogP contribution in [0.15, 0.2) is 30.6 Å². The number of morpholine rings is 1. The number of benzene rings is 1. The van der Waals surface area contributed by atoms with Gasteiger partial charge < -0.3 is 14.6 Å². The summed E-state index contributed by atoms with van der Waals surface area (Å²) in [5.74, 6) is -0.514. The second-order valence-electron chi connectivity index (χ2n) is 6.08. The molecule has 8 heteroatoms. The minimum absolute atomic E-state index is 0.0193. The van der Waals surface area contributed by atoms with Crippen LogP contribution in [-0.4, -0.2) is 64.9 Å². The summed E-state index contributed by atoms with van der Waals surface area (Å²) in [6.07, 6.45) is 1.20. The molecule has 0 spiro atoms. The normalized spacial score (nSPS) is 16.2. The van der Waals surface area contributed by atoms with E-state index in [-0.39, 0.29) is 11.8 Å². The molecule has 1 saturated heterocycles. The molecular formula is C18H20ClN3O4. The molecule has 3 rings (SSSR count). The molecule has 2 aromatic rings. The molecule has 0 aliphatic carbocycles. The van der Waals surface area contributed by atoms with Crippen molar-refractivity contribution in [3.05, 3.63) is 41.3 Å². The second-order valence-corrected chi connectivity index (χ2v) is 6.49. The van der Waals surface area contributed by atoms with E-state index < -0.39 is 5.97 Å². The minimum Gasteiger partial charge on any atom is -0.488 e. The summed E-state index contributed by atoms with van der Waals surface area (Å²) in [7, 11) is 0. The van der Waals surface area contributed by atoms with Crippen molar-refractivity contribution >= 4 is 17.6 Å². The third-order valence-electron chi connectivity index (χ3n) is 4.06. The van der Waals surface area contributed by atoms with Crippen molar-refractivity contribution in [2.45, 2.75) is 13.0 Å². The maximum absolute atomic E-state index is 11.0. The molecule has 1 aliphatic rings. The van der Waals surface area contributed by atoms with Crippen LogP contribution in [0.2, 0.25) is 5.02 Å². The zero-order valence-electron chi connectivity index (χ0n) is 14.4. The largest absolute Gasteiger partial charge is 0.488 e. The standard InChI is InChI=1S/C18H20ClN3O4/c1-12(10-22-4-6-25-7-5-22)26-17-3-2-13(8-14(17)19)15-9-16(18(23)24)21-11-20-15/h2-3,8-9,11-12H,4-7,10H2,1H3,(H,23,24). The van der Waals surface area contributed by atoms with Gasteiger partial charge in [0.2, 0.25) is 0 Å². The summed E-state index contributed by atoms with van der Waals surface area (Å²) in [4.78, 5) is 21.2. The predicted molar refractivity (Wildman–Crippen MR) is 96.8 cm³/mol. The number of hydrogen-bond acceptors (Lipinski definition) is 6. The molecule has 0 amide bonds. The van der Waals surface area contributed by atoms with Gasteiger partial charge in [-0.2, -0.15) is 0 Å². The van der Waals surface area contributed by atoms with E-state index in [1.807, 2.05) is 6.92 Å². The number of aromatic nitrogens is 2. The maximum Gasteiger partial charge on any atom is 0.354 e. The van der Waals surface area contributed by atoms with Crippen molar-refractivity contribution in [3.63, 3.8) is 0 Å². The molecular weight excluding hydrogens is 358 g/mol. The van der Waals surface area contributed by atoms with Crippen LogP contribution < -0.4 is 4.74 Å². The van der Waals surface area contributed by atoms with E-state index in [1.54, 1.807) is 18.2 Å². The molecule has 138 valence electrons. The lowest BCUT2D eigenvalue weighted by molar-refractivity contribution is 0.0219. The Morgan fingerprint density at radius 1 is 1.35 bits per heavy atom. The number of halogens is 1. The first-order valence-corrected chi connectivity index (χ1v) is 8.73. The number of aromatic carboxylic acids is 1. The maximum atomic E-state index is 11.0. The van der Waals surface area contributed by atoms with E-state index in [0.29, 0.717) is 22.0 Å². The van der Waals surface area contributed by atoms with Crippen molar-refractivity contribution in [3.8, 4) is 17.0 Å². The molecule has 2 heterocycles. The van der Waals surface area contributed by atoms with Gasteiger partial charge in [-0.3, -0.25) is 4.90 Å². The number of rotatable bonds is 6. The van der Waals surface area contributed by atoms with Crippen molar-refractivity contribution in [2.75, 3.05) is 32.8 Å². The third kappa shape index (κ3) is 4.69. The lowest BCUT2D eigenvalue weighted by atomic mass is 10.1. The highest BCUT2D eigenvalue weighted by atomic mass is 35.5. The van der Waals surface area contributed by atoms with E-state index in [9.17, 15) is 4.79 Å². The van der Waals surface area contributed by atoms with Gasteiger partial charge >= 0.3 is 5.97 Å². The quantitative estimate of drug-likeness (QED) is 0.828. The van der Waals surface area contributed by atoms with Crippen molar-refractivity contribution in [2.24, 2.45) is 0 Å². The monoisotopic (exact) mass is 377 g/mol. The zero-order chi connectivity index (χ0) is 18.5. The van der Waals surface area contributed by atoms with Crippen molar-refractivity contribution < 1.29 is 19.4 Å². The summed E-state index contributed by atoms with van der Waals surface area (Å²) in [6.45, 7) is 6.11. The van der Waals surface area contributed by atoms with E-state index >= 15 is 0 Å². The minimum atomic E-state index is -1.10. The molecule has 0 radical (unpaired) electrons. The van der Waals surface area contributed by atoms with Gasteiger partial charge in [-0.15, -0.1) is 0 Å². The van der Waals surface area contributed by atoms with Gasteiger partial charge in [0, 0.05) is 25.2 Å². The first-order chi connectivity index (χ1) is 12.5. The van der Waals surface area contributed by atoms with E-state index in [4.69, 9.17) is 26.2 Å². The highest BCUT2D eigenvalue weighted by Gasteiger charge is 2.16. The lowest BCUT2D eigenvalue weighted by Gasteiger charge is -2.29. The van der Waals surface area contributed by atoms with Crippen LogP contribution >= 0.6 is 11.6 Å². The molecule has 1 aromatic heterocycles. The molecule has 1 N–H and O–H groups in total. The van der Waals surface area contributed by atoms with Gasteiger partial charge in [0.05, 0.1) is 23.9 Å². The Kier molecular flexibility index (Phi) is 6.03. The zero-order valence-corrected chi connectivity index (χ0v) is 15.1. The Morgan fingerprint density at radius 2 is 2.12 bits per heavy atom. The first kappa shape index (κ1) is 18.6. The third-order valence-corrected chi connectivity index (χ3v) is 4.36. The highest BCUT2D eigenvalue weighted by Crippen LogP contribution is 2.30. The Bertz CT molecular complexity index is 781. The SMILES string of the molecule is CC(CN1CCOCC1)Oc1ccc(-c2cc(C(=O)O)ncn2)cc1Cl. The number of ether oxygens (including phenoxy) is 2. The van der Waals surface area contributed by atoms with E-state index in [0.717, 1.165) is 32.8 Å². The fourth-order valence-electron chi connectivity index (χ4n) is 2.79. The molecule has 7 nitrogen and oxygen atoms in total. The van der Waals surface area contributed by atoms with Gasteiger partial charge in [-0.05, 0) is 31.2 Å². The number of carbonyl (C=O) groups is 1. The Labute approximate surface area is 156 Å². The fourth-order valence-corrected chi connectivity index (χ4v) is 3.01. The highest BCUT2D eigenvalue weighted by molar-refractivity contribution is 6.32. The van der Waals surface area contributed by atoms with Gasteiger partial charge in [0.1, 0.15) is 18.2 Å². The summed E-state index contributed by atoms with van der Waals surface area (Å²) in [5.41, 5.74) is 1.13. The van der Waals surface area contributed by atoms with E-state index in [1.165, 1.54) is 12.4 Å². The first-order valence-electron chi connectivity index (χ1n) is 8.35. The average Bonchev–Trinajstić information content (AvgIpc) is 2.64. The Morgan fingerprint density at radius 3 is 2.81 bits per heavy atom. The Hall–Kier alpha value is -2.22.